The standard InChI is InChI=1S/C16H12F3N3O2/c17-16(18,19)11-5-3-10(4-6-11)13(23)8-22-9-21-14-12(15(22)24)2-1-7-20-14/h1-7,9,13,23H,8H2/t13-/m1/s1. The molecule has 2 heterocycles. The summed E-state index contributed by atoms with van der Waals surface area (Å²) in [5.74, 6) is 0. The largest absolute Gasteiger partial charge is 0.416 e. The van der Waals surface area contributed by atoms with Crippen LogP contribution in [0.25, 0.3) is 11.0 Å². The van der Waals surface area contributed by atoms with Crippen LogP contribution in [-0.4, -0.2) is 19.6 Å². The molecule has 3 rings (SSSR count). The van der Waals surface area contributed by atoms with Gasteiger partial charge in [0.1, 0.15) is 6.33 Å². The van der Waals surface area contributed by atoms with Crippen LogP contribution in [0.3, 0.4) is 0 Å². The summed E-state index contributed by atoms with van der Waals surface area (Å²) in [7, 11) is 0. The monoisotopic (exact) mass is 335 g/mol. The number of fused-ring (bicyclic) bond motifs is 1. The summed E-state index contributed by atoms with van der Waals surface area (Å²) >= 11 is 0. The molecule has 5 nitrogen and oxygen atoms in total. The van der Waals surface area contributed by atoms with Gasteiger partial charge in [-0.25, -0.2) is 9.97 Å². The third kappa shape index (κ3) is 3.13. The van der Waals surface area contributed by atoms with Gasteiger partial charge >= 0.3 is 6.18 Å². The maximum absolute atomic E-state index is 12.5. The predicted molar refractivity (Wildman–Crippen MR) is 80.2 cm³/mol. The van der Waals surface area contributed by atoms with E-state index in [-0.39, 0.29) is 17.7 Å². The molecule has 0 aliphatic heterocycles. The Labute approximate surface area is 134 Å². The van der Waals surface area contributed by atoms with Crippen LogP contribution in [0.5, 0.6) is 0 Å². The van der Waals surface area contributed by atoms with Crippen LogP contribution >= 0.6 is 0 Å². The Hall–Kier alpha value is -2.74. The zero-order valence-corrected chi connectivity index (χ0v) is 12.2. The van der Waals surface area contributed by atoms with Gasteiger partial charge in [0.05, 0.1) is 23.6 Å². The normalized spacial score (nSPS) is 13.2. The van der Waals surface area contributed by atoms with E-state index in [0.29, 0.717) is 11.0 Å². The van der Waals surface area contributed by atoms with Gasteiger partial charge in [-0.05, 0) is 29.8 Å². The van der Waals surface area contributed by atoms with Gasteiger partial charge in [-0.2, -0.15) is 13.2 Å². The van der Waals surface area contributed by atoms with Crippen LogP contribution in [0.15, 0.2) is 53.7 Å². The average Bonchev–Trinajstić information content (AvgIpc) is 2.57. The smallest absolute Gasteiger partial charge is 0.387 e. The molecule has 0 spiro atoms. The Morgan fingerprint density at radius 3 is 2.50 bits per heavy atom. The maximum atomic E-state index is 12.5. The second kappa shape index (κ2) is 6.04. The van der Waals surface area contributed by atoms with Gasteiger partial charge in [-0.15, -0.1) is 0 Å². The van der Waals surface area contributed by atoms with Gasteiger partial charge in [0.15, 0.2) is 5.65 Å². The molecule has 0 saturated carbocycles. The Balaban J connectivity index is 1.86. The van der Waals surface area contributed by atoms with E-state index in [0.717, 1.165) is 12.1 Å². The van der Waals surface area contributed by atoms with Crippen molar-refractivity contribution in [3.05, 3.63) is 70.4 Å². The van der Waals surface area contributed by atoms with Crippen molar-refractivity contribution in [2.45, 2.75) is 18.8 Å². The Morgan fingerprint density at radius 1 is 1.12 bits per heavy atom. The van der Waals surface area contributed by atoms with E-state index >= 15 is 0 Å². The van der Waals surface area contributed by atoms with E-state index in [1.54, 1.807) is 12.1 Å². The molecule has 1 atom stereocenters. The summed E-state index contributed by atoms with van der Waals surface area (Å²) in [6.07, 6.45) is -2.81. The molecule has 0 unspecified atom stereocenters. The first-order chi connectivity index (χ1) is 11.4. The molecule has 1 aromatic carbocycles. The van der Waals surface area contributed by atoms with Crippen molar-refractivity contribution in [3.8, 4) is 0 Å². The number of aliphatic hydroxyl groups is 1. The quantitative estimate of drug-likeness (QED) is 0.799. The molecule has 0 aliphatic rings. The van der Waals surface area contributed by atoms with E-state index in [1.807, 2.05) is 0 Å². The number of rotatable bonds is 3. The molecule has 0 saturated heterocycles. The van der Waals surface area contributed by atoms with Crippen molar-refractivity contribution >= 4 is 11.0 Å². The van der Waals surface area contributed by atoms with Crippen molar-refractivity contribution in [2.24, 2.45) is 0 Å². The molecule has 0 amide bonds. The summed E-state index contributed by atoms with van der Waals surface area (Å²) in [5.41, 5.74) is -0.600. The van der Waals surface area contributed by atoms with Gasteiger partial charge in [0.2, 0.25) is 0 Å². The highest BCUT2D eigenvalue weighted by atomic mass is 19.4. The van der Waals surface area contributed by atoms with Crippen molar-refractivity contribution in [1.29, 1.82) is 0 Å². The van der Waals surface area contributed by atoms with Crippen molar-refractivity contribution in [2.75, 3.05) is 0 Å². The zero-order chi connectivity index (χ0) is 17.3. The fraction of sp³-hybridized carbons (Fsp3) is 0.188. The van der Waals surface area contributed by atoms with Crippen molar-refractivity contribution in [1.82, 2.24) is 14.5 Å². The predicted octanol–water partition coefficient (Wildman–Crippen LogP) is 2.54. The molecule has 3 aromatic rings. The lowest BCUT2D eigenvalue weighted by molar-refractivity contribution is -0.137. The number of alkyl halides is 3. The Kier molecular flexibility index (Phi) is 4.06. The lowest BCUT2D eigenvalue weighted by Crippen LogP contribution is -2.24. The molecule has 0 aliphatic carbocycles. The molecule has 0 fully saturated rings. The summed E-state index contributed by atoms with van der Waals surface area (Å²) < 4.78 is 38.8. The molecular formula is C16H12F3N3O2. The first kappa shape index (κ1) is 16.1. The molecule has 8 heteroatoms. The van der Waals surface area contributed by atoms with E-state index in [9.17, 15) is 23.1 Å². The SMILES string of the molecule is O=c1c2cccnc2ncn1C[C@@H](O)c1ccc(C(F)(F)F)cc1. The molecule has 1 N–H and O–H groups in total. The van der Waals surface area contributed by atoms with Crippen LogP contribution in [0, 0.1) is 0 Å². The minimum atomic E-state index is -4.43. The van der Waals surface area contributed by atoms with Crippen LogP contribution in [0.2, 0.25) is 0 Å². The molecule has 24 heavy (non-hydrogen) atoms. The minimum Gasteiger partial charge on any atom is -0.387 e. The number of nitrogens with zero attached hydrogens (tertiary/aromatic N) is 3. The highest BCUT2D eigenvalue weighted by Crippen LogP contribution is 2.30. The fourth-order valence-electron chi connectivity index (χ4n) is 2.31. The summed E-state index contributed by atoms with van der Waals surface area (Å²) in [5, 5.41) is 10.5. The van der Waals surface area contributed by atoms with Crippen molar-refractivity contribution < 1.29 is 18.3 Å². The second-order valence-electron chi connectivity index (χ2n) is 5.21. The lowest BCUT2D eigenvalue weighted by Gasteiger charge is -2.14. The number of hydrogen-bond acceptors (Lipinski definition) is 4. The first-order valence-corrected chi connectivity index (χ1v) is 7.01. The van der Waals surface area contributed by atoms with E-state index in [2.05, 4.69) is 9.97 Å². The molecule has 0 bridgehead atoms. The fourth-order valence-corrected chi connectivity index (χ4v) is 2.31. The highest BCUT2D eigenvalue weighted by Gasteiger charge is 2.30. The van der Waals surface area contributed by atoms with Crippen LogP contribution in [-0.2, 0) is 12.7 Å². The molecule has 2 aromatic heterocycles. The Bertz CT molecular complexity index is 920. The number of aliphatic hydroxyl groups excluding tert-OH is 1. The summed E-state index contributed by atoms with van der Waals surface area (Å²) in [6.45, 7) is -0.123. The van der Waals surface area contributed by atoms with Gasteiger partial charge in [-0.3, -0.25) is 9.36 Å². The zero-order valence-electron chi connectivity index (χ0n) is 12.2. The van der Waals surface area contributed by atoms with Gasteiger partial charge in [-0.1, -0.05) is 12.1 Å². The molecule has 0 radical (unpaired) electrons. The third-order valence-electron chi connectivity index (χ3n) is 3.59. The van der Waals surface area contributed by atoms with Gasteiger partial charge in [0, 0.05) is 6.20 Å². The number of pyridine rings is 1. The highest BCUT2D eigenvalue weighted by molar-refractivity contribution is 5.72. The molecule has 124 valence electrons. The van der Waals surface area contributed by atoms with E-state index in [4.69, 9.17) is 0 Å². The average molecular weight is 335 g/mol. The maximum Gasteiger partial charge on any atom is 0.416 e. The van der Waals surface area contributed by atoms with Gasteiger partial charge < -0.3 is 5.11 Å². The molecular weight excluding hydrogens is 323 g/mol. The first-order valence-electron chi connectivity index (χ1n) is 7.01. The van der Waals surface area contributed by atoms with E-state index < -0.39 is 17.8 Å². The minimum absolute atomic E-state index is 0.123. The number of halogens is 3. The van der Waals surface area contributed by atoms with Crippen LogP contribution in [0.4, 0.5) is 13.2 Å². The topological polar surface area (TPSA) is 68.0 Å². The number of aromatic nitrogens is 3. The summed E-state index contributed by atoms with van der Waals surface area (Å²) in [4.78, 5) is 20.3. The number of benzene rings is 1. The third-order valence-corrected chi connectivity index (χ3v) is 3.59. The van der Waals surface area contributed by atoms with E-state index in [1.165, 1.54) is 29.2 Å². The second-order valence-corrected chi connectivity index (χ2v) is 5.21. The van der Waals surface area contributed by atoms with Gasteiger partial charge in [0.25, 0.3) is 5.56 Å². The lowest BCUT2D eigenvalue weighted by atomic mass is 10.1. The Morgan fingerprint density at radius 2 is 1.83 bits per heavy atom. The summed E-state index contributed by atoms with van der Waals surface area (Å²) in [6, 6.07) is 7.33. The van der Waals surface area contributed by atoms with Crippen LogP contribution < -0.4 is 5.56 Å². The van der Waals surface area contributed by atoms with Crippen molar-refractivity contribution in [3.63, 3.8) is 0 Å². The van der Waals surface area contributed by atoms with Crippen LogP contribution in [0.1, 0.15) is 17.2 Å². The number of hydrogen-bond donors (Lipinski definition) is 1.